The van der Waals surface area contributed by atoms with Crippen LogP contribution in [0.1, 0.15) is 37.0 Å². The number of Topliss-reactive ketones (excluding diaryl/α,β-unsaturated/α-hetero) is 1. The van der Waals surface area contributed by atoms with Crippen LogP contribution in [0.4, 0.5) is 28.4 Å². The number of nitriles is 2. The number of ketones is 1. The molecule has 0 fully saturated rings. The van der Waals surface area contributed by atoms with Crippen molar-refractivity contribution in [1.29, 1.82) is 10.5 Å². The van der Waals surface area contributed by atoms with Gasteiger partial charge in [0.25, 0.3) is 5.69 Å². The largest absolute Gasteiger partial charge is 0.458 e. The van der Waals surface area contributed by atoms with E-state index in [1.807, 2.05) is 35.2 Å². The maximum atomic E-state index is 12.2. The van der Waals surface area contributed by atoms with Crippen LogP contribution in [0.2, 0.25) is 0 Å². The summed E-state index contributed by atoms with van der Waals surface area (Å²) >= 11 is 0. The Kier molecular flexibility index (Phi) is 10.5. The monoisotopic (exact) mass is 567 g/mol. The average Bonchev–Trinajstić information content (AvgIpc) is 2.97. The van der Waals surface area contributed by atoms with Crippen molar-refractivity contribution >= 4 is 46.1 Å². The summed E-state index contributed by atoms with van der Waals surface area (Å²) < 4.78 is 4.98. The number of non-ortho nitro benzene ring substituents is 1. The van der Waals surface area contributed by atoms with Crippen LogP contribution in [0.5, 0.6) is 0 Å². The van der Waals surface area contributed by atoms with Crippen LogP contribution >= 0.6 is 0 Å². The highest BCUT2D eigenvalue weighted by Gasteiger charge is 2.18. The van der Waals surface area contributed by atoms with Crippen molar-refractivity contribution in [3.8, 4) is 12.1 Å². The number of benzene rings is 3. The van der Waals surface area contributed by atoms with Crippen LogP contribution in [-0.2, 0) is 25.7 Å². The van der Waals surface area contributed by atoms with E-state index in [2.05, 4.69) is 15.5 Å². The lowest BCUT2D eigenvalue weighted by Crippen LogP contribution is -2.27. The number of amides is 1. The number of nitro benzene ring substituents is 1. The molecule has 0 atom stereocenters. The first-order valence-corrected chi connectivity index (χ1v) is 12.5. The highest BCUT2D eigenvalue weighted by atomic mass is 16.6. The fraction of sp³-hybridized carbons (Fsp3) is 0.207. The van der Waals surface area contributed by atoms with Gasteiger partial charge in [-0.3, -0.25) is 24.5 Å². The van der Waals surface area contributed by atoms with E-state index in [9.17, 15) is 35.0 Å². The quantitative estimate of drug-likeness (QED) is 0.132. The van der Waals surface area contributed by atoms with E-state index in [0.29, 0.717) is 12.2 Å². The molecule has 0 radical (unpaired) electrons. The summed E-state index contributed by atoms with van der Waals surface area (Å²) in [5, 5.41) is 41.0. The minimum atomic E-state index is -0.722. The Morgan fingerprint density at radius 3 is 2.24 bits per heavy atom. The van der Waals surface area contributed by atoms with Crippen molar-refractivity contribution < 1.29 is 24.0 Å². The molecule has 0 aromatic heterocycles. The lowest BCUT2D eigenvalue weighted by atomic mass is 10.1. The second-order valence-corrected chi connectivity index (χ2v) is 8.97. The lowest BCUT2D eigenvalue weighted by Gasteiger charge is -2.25. The molecule has 0 aliphatic rings. The third kappa shape index (κ3) is 8.53. The summed E-state index contributed by atoms with van der Waals surface area (Å²) in [6.07, 6.45) is -0.00887. The van der Waals surface area contributed by atoms with Gasteiger partial charge in [-0.05, 0) is 30.7 Å². The van der Waals surface area contributed by atoms with Crippen LogP contribution < -0.4 is 10.2 Å². The molecular weight excluding hydrogens is 542 g/mol. The number of nitrogens with one attached hydrogen (secondary N) is 1. The molecule has 212 valence electrons. The topological polar surface area (TPSA) is 191 Å². The molecule has 0 unspecified atom stereocenters. The third-order valence-corrected chi connectivity index (χ3v) is 5.70. The first kappa shape index (κ1) is 30.6. The normalized spacial score (nSPS) is 10.4. The highest BCUT2D eigenvalue weighted by molar-refractivity contribution is 5.93. The molecule has 1 amide bonds. The fourth-order valence-electron chi connectivity index (χ4n) is 3.79. The Balaban J connectivity index is 1.99. The fourth-order valence-corrected chi connectivity index (χ4v) is 3.79. The smallest absolute Gasteiger partial charge is 0.308 e. The van der Waals surface area contributed by atoms with Crippen molar-refractivity contribution in [3.63, 3.8) is 0 Å². The van der Waals surface area contributed by atoms with Gasteiger partial charge in [-0.1, -0.05) is 30.3 Å². The van der Waals surface area contributed by atoms with Crippen LogP contribution in [-0.4, -0.2) is 35.7 Å². The van der Waals surface area contributed by atoms with Gasteiger partial charge >= 0.3 is 5.97 Å². The summed E-state index contributed by atoms with van der Waals surface area (Å²) in [6.45, 7) is 2.95. The average molecular weight is 568 g/mol. The number of carbonyl (C=O) groups is 3. The highest BCUT2D eigenvalue weighted by Crippen LogP contribution is 2.35. The van der Waals surface area contributed by atoms with Crippen LogP contribution in [0.3, 0.4) is 0 Å². The molecule has 0 bridgehead atoms. The number of nitro groups is 1. The number of ether oxygens (including phenoxy) is 1. The van der Waals surface area contributed by atoms with Crippen LogP contribution in [0.15, 0.2) is 70.9 Å². The predicted octanol–water partition coefficient (Wildman–Crippen LogP) is 5.24. The van der Waals surface area contributed by atoms with Gasteiger partial charge in [-0.25, -0.2) is 0 Å². The minimum absolute atomic E-state index is 0.00887. The van der Waals surface area contributed by atoms with Gasteiger partial charge in [0.2, 0.25) is 5.91 Å². The number of esters is 1. The van der Waals surface area contributed by atoms with Crippen LogP contribution in [0.25, 0.3) is 0 Å². The van der Waals surface area contributed by atoms with Gasteiger partial charge in [0.05, 0.1) is 28.2 Å². The van der Waals surface area contributed by atoms with Crippen molar-refractivity contribution in [2.24, 2.45) is 10.2 Å². The van der Waals surface area contributed by atoms with Crippen molar-refractivity contribution in [3.05, 3.63) is 87.5 Å². The standard InChI is InChI=1S/C29H25N7O6/c1-19(37)18-42-28(39)10-11-35(17-21-6-4-3-5-7-21)24-8-9-26(27(14-24)32-20(2)38)33-34-29-22(15-30)12-25(36(40)41)13-23(29)16-31/h3-9,12-14H,10-11,17-18H2,1-2H3,(H,32,38). The predicted molar refractivity (Wildman–Crippen MR) is 151 cm³/mol. The molecule has 1 N–H and O–H groups in total. The molecule has 0 aliphatic carbocycles. The first-order valence-electron chi connectivity index (χ1n) is 12.5. The van der Waals surface area contributed by atoms with Gasteiger partial charge in [0, 0.05) is 37.8 Å². The summed E-state index contributed by atoms with van der Waals surface area (Å²) in [5.74, 6) is -1.22. The van der Waals surface area contributed by atoms with Gasteiger partial charge in [0.1, 0.15) is 30.1 Å². The number of carbonyl (C=O) groups excluding carboxylic acids is 3. The Labute approximate surface area is 240 Å². The molecule has 0 heterocycles. The molecule has 0 saturated heterocycles. The molecule has 0 saturated carbocycles. The van der Waals surface area contributed by atoms with E-state index in [0.717, 1.165) is 17.7 Å². The summed E-state index contributed by atoms with van der Waals surface area (Å²) in [7, 11) is 0. The van der Waals surface area contributed by atoms with Crippen molar-refractivity contribution in [1.82, 2.24) is 0 Å². The lowest BCUT2D eigenvalue weighted by molar-refractivity contribution is -0.384. The molecule has 3 aromatic carbocycles. The summed E-state index contributed by atoms with van der Waals surface area (Å²) in [4.78, 5) is 47.7. The molecule has 0 spiro atoms. The van der Waals surface area contributed by atoms with Crippen LogP contribution in [0, 0.1) is 32.8 Å². The maximum Gasteiger partial charge on any atom is 0.308 e. The maximum absolute atomic E-state index is 12.2. The molecule has 3 aromatic rings. The molecule has 3 rings (SSSR count). The number of azo groups is 1. The zero-order chi connectivity index (χ0) is 30.6. The SMILES string of the molecule is CC(=O)COC(=O)CCN(Cc1ccccc1)c1ccc(N=Nc2c(C#N)cc([N+](=O)[O-])cc2C#N)c(NC(C)=O)c1. The summed E-state index contributed by atoms with van der Waals surface area (Å²) in [5.41, 5.74) is 0.978. The van der Waals surface area contributed by atoms with Gasteiger partial charge < -0.3 is 15.0 Å². The van der Waals surface area contributed by atoms with E-state index in [1.165, 1.54) is 13.8 Å². The molecule has 42 heavy (non-hydrogen) atoms. The number of hydrogen-bond acceptors (Lipinski definition) is 11. The van der Waals surface area contributed by atoms with Crippen molar-refractivity contribution in [2.75, 3.05) is 23.4 Å². The summed E-state index contributed by atoms with van der Waals surface area (Å²) in [6, 6.07) is 19.9. The molecular formula is C29H25N7O6. The van der Waals surface area contributed by atoms with Gasteiger partial charge in [-0.15, -0.1) is 10.2 Å². The van der Waals surface area contributed by atoms with E-state index < -0.39 is 22.5 Å². The molecule has 0 aliphatic heterocycles. The number of hydrogen-bond donors (Lipinski definition) is 1. The molecule has 13 heteroatoms. The van der Waals surface area contributed by atoms with E-state index in [4.69, 9.17) is 4.74 Å². The zero-order valence-electron chi connectivity index (χ0n) is 22.7. The first-order chi connectivity index (χ1) is 20.1. The Bertz CT molecular complexity index is 1590. The third-order valence-electron chi connectivity index (χ3n) is 5.70. The molecule has 13 nitrogen and oxygen atoms in total. The zero-order valence-corrected chi connectivity index (χ0v) is 22.7. The van der Waals surface area contributed by atoms with E-state index in [-0.39, 0.29) is 53.5 Å². The van der Waals surface area contributed by atoms with Gasteiger partial charge in [-0.2, -0.15) is 10.5 Å². The van der Waals surface area contributed by atoms with E-state index >= 15 is 0 Å². The number of anilines is 2. The Morgan fingerprint density at radius 2 is 1.67 bits per heavy atom. The minimum Gasteiger partial charge on any atom is -0.458 e. The Morgan fingerprint density at radius 1 is 1.00 bits per heavy atom. The second kappa shape index (κ2) is 14.4. The van der Waals surface area contributed by atoms with E-state index in [1.54, 1.807) is 30.3 Å². The number of nitrogens with zero attached hydrogens (tertiary/aromatic N) is 6. The second-order valence-electron chi connectivity index (χ2n) is 8.97. The van der Waals surface area contributed by atoms with Crippen molar-refractivity contribution in [2.45, 2.75) is 26.8 Å². The van der Waals surface area contributed by atoms with Gasteiger partial charge in [0.15, 0.2) is 5.78 Å². The number of rotatable bonds is 12. The Hall–Kier alpha value is -5.95.